The highest BCUT2D eigenvalue weighted by molar-refractivity contribution is 8.01. The zero-order chi connectivity index (χ0) is 14.5. The fraction of sp³-hybridized carbons (Fsp3) is 0.357. The summed E-state index contributed by atoms with van der Waals surface area (Å²) in [6, 6.07) is 10.3. The molecule has 5 nitrogen and oxygen atoms in total. The largest absolute Gasteiger partial charge is 0.368 e. The van der Waals surface area contributed by atoms with Crippen LogP contribution in [0.4, 0.5) is 5.69 Å². The van der Waals surface area contributed by atoms with Crippen LogP contribution in [0.25, 0.3) is 0 Å². The van der Waals surface area contributed by atoms with Gasteiger partial charge in [-0.2, -0.15) is 0 Å². The summed E-state index contributed by atoms with van der Waals surface area (Å²) in [7, 11) is 0. The van der Waals surface area contributed by atoms with Crippen LogP contribution >= 0.6 is 23.1 Å². The first kappa shape index (κ1) is 14.3. The van der Waals surface area contributed by atoms with Crippen LogP contribution in [-0.2, 0) is 4.79 Å². The Balaban J connectivity index is 1.48. The van der Waals surface area contributed by atoms with Crippen LogP contribution in [0.5, 0.6) is 0 Å². The summed E-state index contributed by atoms with van der Waals surface area (Å²) < 4.78 is 0.853. The van der Waals surface area contributed by atoms with Crippen molar-refractivity contribution in [2.24, 2.45) is 0 Å². The molecule has 0 N–H and O–H groups in total. The Labute approximate surface area is 132 Å². The molecule has 2 heterocycles. The molecule has 0 bridgehead atoms. The normalized spacial score (nSPS) is 15.2. The van der Waals surface area contributed by atoms with Crippen molar-refractivity contribution in [1.29, 1.82) is 0 Å². The van der Waals surface area contributed by atoms with Crippen molar-refractivity contribution in [3.8, 4) is 0 Å². The number of hydrogen-bond acceptors (Lipinski definition) is 6. The number of carbonyl (C=O) groups is 1. The van der Waals surface area contributed by atoms with Gasteiger partial charge < -0.3 is 9.80 Å². The molecule has 21 heavy (non-hydrogen) atoms. The van der Waals surface area contributed by atoms with Crippen molar-refractivity contribution >= 4 is 34.7 Å². The molecule has 0 unspecified atom stereocenters. The minimum Gasteiger partial charge on any atom is -0.368 e. The standard InChI is InChI=1S/C14H16N4OS2/c19-13(10-20-14-16-15-11-21-14)18-8-6-17(7-9-18)12-4-2-1-3-5-12/h1-5,11H,6-10H2. The van der Waals surface area contributed by atoms with Crippen LogP contribution in [0.3, 0.4) is 0 Å². The Bertz CT molecular complexity index is 568. The van der Waals surface area contributed by atoms with Gasteiger partial charge in [0.25, 0.3) is 0 Å². The van der Waals surface area contributed by atoms with E-state index in [1.54, 1.807) is 5.51 Å². The number of amides is 1. The molecule has 0 radical (unpaired) electrons. The first-order chi connectivity index (χ1) is 10.3. The van der Waals surface area contributed by atoms with Crippen LogP contribution in [0.15, 0.2) is 40.2 Å². The van der Waals surface area contributed by atoms with Crippen LogP contribution < -0.4 is 4.90 Å². The number of carbonyl (C=O) groups excluding carboxylic acids is 1. The Morgan fingerprint density at radius 2 is 1.95 bits per heavy atom. The Kier molecular flexibility index (Phi) is 4.72. The van der Waals surface area contributed by atoms with Gasteiger partial charge in [0.05, 0.1) is 5.75 Å². The number of para-hydroxylation sites is 1. The highest BCUT2D eigenvalue weighted by Gasteiger charge is 2.21. The summed E-state index contributed by atoms with van der Waals surface area (Å²) in [4.78, 5) is 16.4. The van der Waals surface area contributed by atoms with E-state index in [9.17, 15) is 4.79 Å². The second kappa shape index (κ2) is 6.91. The van der Waals surface area contributed by atoms with Crippen LogP contribution in [0, 0.1) is 0 Å². The van der Waals surface area contributed by atoms with Gasteiger partial charge in [0.15, 0.2) is 4.34 Å². The molecule has 1 amide bonds. The van der Waals surface area contributed by atoms with Crippen LogP contribution in [0.1, 0.15) is 0 Å². The molecule has 1 aromatic heterocycles. The molecule has 3 rings (SSSR count). The number of aromatic nitrogens is 2. The fourth-order valence-corrected chi connectivity index (χ4v) is 3.68. The van der Waals surface area contributed by atoms with Gasteiger partial charge >= 0.3 is 0 Å². The third-order valence-electron chi connectivity index (χ3n) is 3.41. The van der Waals surface area contributed by atoms with E-state index in [1.165, 1.54) is 28.8 Å². The SMILES string of the molecule is O=C(CSc1nncs1)N1CCN(c2ccccc2)CC1. The number of benzene rings is 1. The van der Waals surface area contributed by atoms with Crippen molar-refractivity contribution < 1.29 is 4.79 Å². The molecule has 0 aliphatic carbocycles. The predicted molar refractivity (Wildman–Crippen MR) is 85.9 cm³/mol. The number of piperazine rings is 1. The molecular formula is C14H16N4OS2. The van der Waals surface area contributed by atoms with E-state index in [2.05, 4.69) is 27.2 Å². The van der Waals surface area contributed by atoms with E-state index in [0.29, 0.717) is 5.75 Å². The first-order valence-electron chi connectivity index (χ1n) is 6.79. The van der Waals surface area contributed by atoms with Gasteiger partial charge in [-0.3, -0.25) is 4.79 Å². The zero-order valence-electron chi connectivity index (χ0n) is 11.5. The number of rotatable bonds is 4. The molecule has 1 fully saturated rings. The molecule has 110 valence electrons. The van der Waals surface area contributed by atoms with E-state index < -0.39 is 0 Å². The minimum atomic E-state index is 0.183. The van der Waals surface area contributed by atoms with E-state index in [1.807, 2.05) is 23.1 Å². The maximum absolute atomic E-state index is 12.2. The second-order valence-electron chi connectivity index (χ2n) is 4.70. The van der Waals surface area contributed by atoms with E-state index >= 15 is 0 Å². The summed E-state index contributed by atoms with van der Waals surface area (Å²) in [5, 5.41) is 7.71. The van der Waals surface area contributed by atoms with Gasteiger partial charge in [0.1, 0.15) is 5.51 Å². The minimum absolute atomic E-state index is 0.183. The quantitative estimate of drug-likeness (QED) is 0.806. The third-order valence-corrected chi connectivity index (χ3v) is 5.26. The lowest BCUT2D eigenvalue weighted by Gasteiger charge is -2.36. The molecule has 2 aromatic rings. The number of nitrogens with zero attached hydrogens (tertiary/aromatic N) is 4. The molecule has 1 aliphatic rings. The van der Waals surface area contributed by atoms with Gasteiger partial charge in [-0.15, -0.1) is 10.2 Å². The maximum atomic E-state index is 12.2. The molecule has 0 saturated carbocycles. The van der Waals surface area contributed by atoms with Gasteiger partial charge in [-0.1, -0.05) is 41.3 Å². The van der Waals surface area contributed by atoms with Crippen molar-refractivity contribution in [2.45, 2.75) is 4.34 Å². The molecule has 1 aromatic carbocycles. The van der Waals surface area contributed by atoms with E-state index in [-0.39, 0.29) is 5.91 Å². The van der Waals surface area contributed by atoms with Gasteiger partial charge in [0.2, 0.25) is 5.91 Å². The fourth-order valence-electron chi connectivity index (χ4n) is 2.29. The predicted octanol–water partition coefficient (Wildman–Crippen LogP) is 1.98. The molecule has 7 heteroatoms. The van der Waals surface area contributed by atoms with Gasteiger partial charge in [-0.05, 0) is 12.1 Å². The number of hydrogen-bond donors (Lipinski definition) is 0. The van der Waals surface area contributed by atoms with Crippen molar-refractivity contribution in [1.82, 2.24) is 15.1 Å². The summed E-state index contributed by atoms with van der Waals surface area (Å²) in [6.45, 7) is 3.34. The third kappa shape index (κ3) is 3.74. The first-order valence-corrected chi connectivity index (χ1v) is 8.66. The zero-order valence-corrected chi connectivity index (χ0v) is 13.1. The monoisotopic (exact) mass is 320 g/mol. The summed E-state index contributed by atoms with van der Waals surface area (Å²) in [5.74, 6) is 0.628. The Morgan fingerprint density at radius 1 is 1.19 bits per heavy atom. The number of thioether (sulfide) groups is 1. The molecule has 0 spiro atoms. The lowest BCUT2D eigenvalue weighted by Crippen LogP contribution is -2.49. The summed E-state index contributed by atoms with van der Waals surface area (Å²) in [5.41, 5.74) is 2.92. The van der Waals surface area contributed by atoms with Crippen molar-refractivity contribution in [3.63, 3.8) is 0 Å². The molecular weight excluding hydrogens is 304 g/mol. The van der Waals surface area contributed by atoms with Crippen LogP contribution in [-0.4, -0.2) is 52.9 Å². The van der Waals surface area contributed by atoms with E-state index in [4.69, 9.17) is 0 Å². The van der Waals surface area contributed by atoms with Crippen LogP contribution in [0.2, 0.25) is 0 Å². The average molecular weight is 320 g/mol. The second-order valence-corrected chi connectivity index (χ2v) is 6.75. The van der Waals surface area contributed by atoms with Crippen molar-refractivity contribution in [2.75, 3.05) is 36.8 Å². The smallest absolute Gasteiger partial charge is 0.233 e. The molecule has 1 saturated heterocycles. The van der Waals surface area contributed by atoms with Gasteiger partial charge in [-0.25, -0.2) is 0 Å². The highest BCUT2D eigenvalue weighted by atomic mass is 32.2. The average Bonchev–Trinajstić information content (AvgIpc) is 3.07. The van der Waals surface area contributed by atoms with Gasteiger partial charge in [0, 0.05) is 31.9 Å². The lowest BCUT2D eigenvalue weighted by molar-refractivity contribution is -0.128. The number of anilines is 1. The highest BCUT2D eigenvalue weighted by Crippen LogP contribution is 2.20. The molecule has 1 aliphatic heterocycles. The molecule has 0 atom stereocenters. The Morgan fingerprint density at radius 3 is 2.62 bits per heavy atom. The summed E-state index contributed by atoms with van der Waals surface area (Å²) >= 11 is 2.94. The van der Waals surface area contributed by atoms with E-state index in [0.717, 1.165) is 30.5 Å². The lowest BCUT2D eigenvalue weighted by atomic mass is 10.2. The Hall–Kier alpha value is -1.60. The topological polar surface area (TPSA) is 49.3 Å². The van der Waals surface area contributed by atoms with Crippen molar-refractivity contribution in [3.05, 3.63) is 35.8 Å². The maximum Gasteiger partial charge on any atom is 0.233 e. The summed E-state index contributed by atoms with van der Waals surface area (Å²) in [6.07, 6.45) is 0.